The molecule has 6 nitrogen and oxygen atoms in total. The van der Waals surface area contributed by atoms with Crippen molar-refractivity contribution in [1.29, 1.82) is 0 Å². The minimum Gasteiger partial charge on any atom is -0.455 e. The van der Waals surface area contributed by atoms with E-state index in [0.29, 0.717) is 17.2 Å². The minimum absolute atomic E-state index is 0.183. The SMILES string of the molecule is Cc1ccc(Oc2ccccc2NC(=O)COC(=O)c2csc(-c3ccsc3)n2)cc1. The molecular formula is C23H18N2O4S2. The Morgan fingerprint density at radius 2 is 1.84 bits per heavy atom. The first-order valence-corrected chi connectivity index (χ1v) is 11.2. The van der Waals surface area contributed by atoms with E-state index in [-0.39, 0.29) is 5.69 Å². The molecule has 0 aliphatic carbocycles. The van der Waals surface area contributed by atoms with Crippen LogP contribution in [0, 0.1) is 6.92 Å². The molecule has 4 aromatic rings. The van der Waals surface area contributed by atoms with Gasteiger partial charge in [-0.2, -0.15) is 11.3 Å². The first kappa shape index (κ1) is 20.8. The fraction of sp³-hybridized carbons (Fsp3) is 0.0870. The molecule has 0 saturated carbocycles. The highest BCUT2D eigenvalue weighted by Crippen LogP contribution is 2.29. The standard InChI is InChI=1S/C23H18N2O4S2/c1-15-6-8-17(9-7-15)29-20-5-3-2-4-18(20)24-21(26)12-28-23(27)19-14-31-22(25-19)16-10-11-30-13-16/h2-11,13-14H,12H2,1H3,(H,24,26). The summed E-state index contributed by atoms with van der Waals surface area (Å²) < 4.78 is 11.0. The molecule has 0 unspecified atom stereocenters. The lowest BCUT2D eigenvalue weighted by atomic mass is 10.2. The molecule has 8 heteroatoms. The zero-order valence-corrected chi connectivity index (χ0v) is 18.2. The zero-order chi connectivity index (χ0) is 21.6. The number of benzene rings is 2. The van der Waals surface area contributed by atoms with E-state index < -0.39 is 18.5 Å². The van der Waals surface area contributed by atoms with Crippen LogP contribution in [0.4, 0.5) is 5.69 Å². The number of aryl methyl sites for hydroxylation is 1. The van der Waals surface area contributed by atoms with Gasteiger partial charge in [0.2, 0.25) is 0 Å². The van der Waals surface area contributed by atoms with Crippen molar-refractivity contribution in [3.63, 3.8) is 0 Å². The first-order valence-electron chi connectivity index (χ1n) is 9.37. The third-order valence-electron chi connectivity index (χ3n) is 4.23. The van der Waals surface area contributed by atoms with Crippen molar-refractivity contribution < 1.29 is 19.1 Å². The molecule has 2 heterocycles. The maximum absolute atomic E-state index is 12.3. The molecular weight excluding hydrogens is 432 g/mol. The number of amides is 1. The molecule has 1 amide bonds. The maximum atomic E-state index is 12.3. The zero-order valence-electron chi connectivity index (χ0n) is 16.5. The molecule has 0 spiro atoms. The van der Waals surface area contributed by atoms with Gasteiger partial charge in [-0.25, -0.2) is 9.78 Å². The van der Waals surface area contributed by atoms with Gasteiger partial charge >= 0.3 is 5.97 Å². The Hall–Kier alpha value is -3.49. The fourth-order valence-corrected chi connectivity index (χ4v) is 4.17. The Balaban J connectivity index is 1.35. The molecule has 0 fully saturated rings. The van der Waals surface area contributed by atoms with Crippen LogP contribution in [-0.2, 0) is 9.53 Å². The van der Waals surface area contributed by atoms with E-state index in [1.54, 1.807) is 34.9 Å². The molecule has 0 bridgehead atoms. The van der Waals surface area contributed by atoms with Gasteiger partial charge in [-0.1, -0.05) is 29.8 Å². The predicted octanol–water partition coefficient (Wildman–Crippen LogP) is 5.77. The first-order chi connectivity index (χ1) is 15.1. The topological polar surface area (TPSA) is 77.5 Å². The van der Waals surface area contributed by atoms with Crippen molar-refractivity contribution in [3.05, 3.63) is 82.0 Å². The van der Waals surface area contributed by atoms with Crippen LogP contribution in [-0.4, -0.2) is 23.5 Å². The number of carbonyl (C=O) groups excluding carboxylic acids is 2. The number of thiazole rings is 1. The number of ether oxygens (including phenoxy) is 2. The Bertz CT molecular complexity index is 1180. The average molecular weight is 451 g/mol. The quantitative estimate of drug-likeness (QED) is 0.362. The summed E-state index contributed by atoms with van der Waals surface area (Å²) in [6.07, 6.45) is 0. The summed E-state index contributed by atoms with van der Waals surface area (Å²) >= 11 is 2.91. The van der Waals surface area contributed by atoms with Crippen LogP contribution < -0.4 is 10.1 Å². The molecule has 2 aromatic heterocycles. The number of para-hydroxylation sites is 2. The third-order valence-corrected chi connectivity index (χ3v) is 5.80. The molecule has 0 aliphatic rings. The molecule has 156 valence electrons. The van der Waals surface area contributed by atoms with Crippen LogP contribution in [0.25, 0.3) is 10.6 Å². The van der Waals surface area contributed by atoms with E-state index in [2.05, 4.69) is 10.3 Å². The summed E-state index contributed by atoms with van der Waals surface area (Å²) in [5.41, 5.74) is 2.75. The van der Waals surface area contributed by atoms with Gasteiger partial charge in [0.15, 0.2) is 18.1 Å². The molecule has 2 aromatic carbocycles. The Kier molecular flexibility index (Phi) is 6.40. The van der Waals surface area contributed by atoms with E-state index in [0.717, 1.165) is 16.1 Å². The number of anilines is 1. The van der Waals surface area contributed by atoms with Gasteiger partial charge < -0.3 is 14.8 Å². The number of nitrogens with zero attached hydrogens (tertiary/aromatic N) is 1. The highest BCUT2D eigenvalue weighted by atomic mass is 32.1. The number of nitrogens with one attached hydrogen (secondary N) is 1. The van der Waals surface area contributed by atoms with Gasteiger partial charge in [0.1, 0.15) is 10.8 Å². The summed E-state index contributed by atoms with van der Waals surface area (Å²) in [5, 5.41) is 8.98. The van der Waals surface area contributed by atoms with Crippen LogP contribution >= 0.6 is 22.7 Å². The number of thiophene rings is 1. The number of carbonyl (C=O) groups is 2. The van der Waals surface area contributed by atoms with E-state index in [1.165, 1.54) is 11.3 Å². The molecule has 31 heavy (non-hydrogen) atoms. The van der Waals surface area contributed by atoms with E-state index in [9.17, 15) is 9.59 Å². The third kappa shape index (κ3) is 5.36. The summed E-state index contributed by atoms with van der Waals surface area (Å²) in [4.78, 5) is 28.8. The second kappa shape index (κ2) is 9.55. The number of hydrogen-bond donors (Lipinski definition) is 1. The normalized spacial score (nSPS) is 10.5. The van der Waals surface area contributed by atoms with Crippen LogP contribution in [0.5, 0.6) is 11.5 Å². The van der Waals surface area contributed by atoms with E-state index >= 15 is 0 Å². The highest BCUT2D eigenvalue weighted by molar-refractivity contribution is 7.14. The second-order valence-corrected chi connectivity index (χ2v) is 8.22. The molecule has 1 N–H and O–H groups in total. The van der Waals surface area contributed by atoms with E-state index in [4.69, 9.17) is 9.47 Å². The number of hydrogen-bond acceptors (Lipinski definition) is 7. The molecule has 0 aliphatic heterocycles. The van der Waals surface area contributed by atoms with Gasteiger partial charge in [0.05, 0.1) is 5.69 Å². The largest absolute Gasteiger partial charge is 0.455 e. The van der Waals surface area contributed by atoms with Gasteiger partial charge in [-0.05, 0) is 42.6 Å². The van der Waals surface area contributed by atoms with Crippen molar-refractivity contribution in [1.82, 2.24) is 4.98 Å². The highest BCUT2D eigenvalue weighted by Gasteiger charge is 2.16. The van der Waals surface area contributed by atoms with Crippen molar-refractivity contribution in [2.24, 2.45) is 0 Å². The van der Waals surface area contributed by atoms with Crippen LogP contribution in [0.1, 0.15) is 16.1 Å². The number of rotatable bonds is 7. The number of aromatic nitrogens is 1. The van der Waals surface area contributed by atoms with Gasteiger partial charge in [0, 0.05) is 16.3 Å². The molecule has 4 rings (SSSR count). The summed E-state index contributed by atoms with van der Waals surface area (Å²) in [5.74, 6) is 0.0354. The molecule has 0 saturated heterocycles. The lowest BCUT2D eigenvalue weighted by Crippen LogP contribution is -2.21. The van der Waals surface area contributed by atoms with Crippen molar-refractivity contribution in [2.75, 3.05) is 11.9 Å². The second-order valence-electron chi connectivity index (χ2n) is 6.59. The van der Waals surface area contributed by atoms with Crippen LogP contribution in [0.2, 0.25) is 0 Å². The summed E-state index contributed by atoms with van der Waals surface area (Å²) in [6.45, 7) is 1.57. The van der Waals surface area contributed by atoms with Gasteiger partial charge in [-0.3, -0.25) is 4.79 Å². The van der Waals surface area contributed by atoms with E-state index in [1.807, 2.05) is 54.1 Å². The maximum Gasteiger partial charge on any atom is 0.358 e. The van der Waals surface area contributed by atoms with Crippen molar-refractivity contribution >= 4 is 40.2 Å². The number of esters is 1. The monoisotopic (exact) mass is 450 g/mol. The fourth-order valence-electron chi connectivity index (χ4n) is 2.67. The van der Waals surface area contributed by atoms with Gasteiger partial charge in [0.25, 0.3) is 5.91 Å². The summed E-state index contributed by atoms with van der Waals surface area (Å²) in [6, 6.07) is 16.6. The van der Waals surface area contributed by atoms with Crippen LogP contribution in [0.15, 0.2) is 70.7 Å². The predicted molar refractivity (Wildman–Crippen MR) is 122 cm³/mol. The average Bonchev–Trinajstić information content (AvgIpc) is 3.47. The lowest BCUT2D eigenvalue weighted by molar-refractivity contribution is -0.119. The van der Waals surface area contributed by atoms with Gasteiger partial charge in [-0.15, -0.1) is 11.3 Å². The lowest BCUT2D eigenvalue weighted by Gasteiger charge is -2.12. The molecule has 0 atom stereocenters. The van der Waals surface area contributed by atoms with Crippen molar-refractivity contribution in [3.8, 4) is 22.1 Å². The van der Waals surface area contributed by atoms with Crippen LogP contribution in [0.3, 0.4) is 0 Å². The summed E-state index contributed by atoms with van der Waals surface area (Å²) in [7, 11) is 0. The Labute approximate surface area is 187 Å². The minimum atomic E-state index is -0.642. The molecule has 0 radical (unpaired) electrons. The smallest absolute Gasteiger partial charge is 0.358 e. The Morgan fingerprint density at radius 1 is 1.03 bits per heavy atom. The van der Waals surface area contributed by atoms with Crippen molar-refractivity contribution in [2.45, 2.75) is 6.92 Å². The Morgan fingerprint density at radius 3 is 2.61 bits per heavy atom.